The van der Waals surface area contributed by atoms with Gasteiger partial charge in [-0.15, -0.1) is 0 Å². The predicted molar refractivity (Wildman–Crippen MR) is 93.0 cm³/mol. The average molecular weight is 363 g/mol. The molecule has 0 saturated heterocycles. The largest absolute Gasteiger partial charge is 0.432 e. The van der Waals surface area contributed by atoms with Crippen LogP contribution < -0.4 is 16.6 Å². The fraction of sp³-hybridized carbons (Fsp3) is 0.389. The number of anilines is 1. The van der Waals surface area contributed by atoms with Gasteiger partial charge in [-0.05, 0) is 56.2 Å². The number of carbonyl (C=O) groups is 3. The Balaban J connectivity index is 1.98. The second-order valence-electron chi connectivity index (χ2n) is 6.34. The van der Waals surface area contributed by atoms with E-state index in [4.69, 9.17) is 10.6 Å². The SMILES string of the molecule is C=C(C)OC(=O)[C@H]1CC[C@@H](c2ccc(NC(=O)C(=O)NN)c(F)c2)CC1. The molecule has 26 heavy (non-hydrogen) atoms. The van der Waals surface area contributed by atoms with Crippen molar-refractivity contribution in [1.82, 2.24) is 5.43 Å². The Bertz CT molecular complexity index is 727. The lowest BCUT2D eigenvalue weighted by molar-refractivity contribution is -0.145. The monoisotopic (exact) mass is 363 g/mol. The van der Waals surface area contributed by atoms with Crippen molar-refractivity contribution in [2.75, 3.05) is 5.32 Å². The topological polar surface area (TPSA) is 111 Å². The molecular formula is C18H22FN3O4. The van der Waals surface area contributed by atoms with E-state index in [1.54, 1.807) is 18.4 Å². The Hall–Kier alpha value is -2.74. The van der Waals surface area contributed by atoms with Crippen LogP contribution in [0.25, 0.3) is 0 Å². The zero-order valence-corrected chi connectivity index (χ0v) is 14.5. The second-order valence-corrected chi connectivity index (χ2v) is 6.34. The maximum atomic E-state index is 14.2. The predicted octanol–water partition coefficient (Wildman–Crippen LogP) is 2.10. The molecule has 7 nitrogen and oxygen atoms in total. The van der Waals surface area contributed by atoms with E-state index in [2.05, 4.69) is 11.9 Å². The van der Waals surface area contributed by atoms with Gasteiger partial charge in [0, 0.05) is 0 Å². The van der Waals surface area contributed by atoms with Crippen molar-refractivity contribution in [1.29, 1.82) is 0 Å². The molecule has 0 heterocycles. The van der Waals surface area contributed by atoms with Crippen molar-refractivity contribution >= 4 is 23.5 Å². The smallest absolute Gasteiger partial charge is 0.323 e. The van der Waals surface area contributed by atoms with Gasteiger partial charge in [0.1, 0.15) is 5.82 Å². The number of nitrogens with one attached hydrogen (secondary N) is 2. The standard InChI is InChI=1S/C18H22FN3O4/c1-10(2)26-18(25)12-5-3-11(4-6-12)13-7-8-15(14(19)9-13)21-16(23)17(24)22-20/h7-9,11-12H,1,3-6,20H2,2H3,(H,21,23)(H,22,24)/t11-,12+. The molecule has 1 aromatic rings. The summed E-state index contributed by atoms with van der Waals surface area (Å²) >= 11 is 0. The number of carbonyl (C=O) groups excluding carboxylic acids is 3. The quantitative estimate of drug-likeness (QED) is 0.189. The van der Waals surface area contributed by atoms with Crippen LogP contribution in [0.3, 0.4) is 0 Å². The molecule has 1 saturated carbocycles. The Labute approximate surface area is 150 Å². The first-order valence-corrected chi connectivity index (χ1v) is 8.30. The van der Waals surface area contributed by atoms with E-state index in [1.165, 1.54) is 12.1 Å². The van der Waals surface area contributed by atoms with Crippen LogP contribution in [0.5, 0.6) is 0 Å². The van der Waals surface area contributed by atoms with Crippen molar-refractivity contribution in [3.63, 3.8) is 0 Å². The van der Waals surface area contributed by atoms with Crippen molar-refractivity contribution in [3.05, 3.63) is 41.9 Å². The minimum atomic E-state index is -1.06. The van der Waals surface area contributed by atoms with Gasteiger partial charge < -0.3 is 10.1 Å². The molecule has 140 valence electrons. The van der Waals surface area contributed by atoms with Crippen LogP contribution in [-0.2, 0) is 19.1 Å². The molecule has 0 radical (unpaired) electrons. The first kappa shape index (κ1) is 19.6. The number of benzene rings is 1. The van der Waals surface area contributed by atoms with Crippen molar-refractivity contribution in [2.24, 2.45) is 11.8 Å². The van der Waals surface area contributed by atoms with Gasteiger partial charge in [0.2, 0.25) is 0 Å². The maximum Gasteiger partial charge on any atom is 0.323 e. The Morgan fingerprint density at radius 1 is 1.19 bits per heavy atom. The van der Waals surface area contributed by atoms with Gasteiger partial charge in [0.25, 0.3) is 0 Å². The van der Waals surface area contributed by atoms with Crippen LogP contribution in [0, 0.1) is 11.7 Å². The van der Waals surface area contributed by atoms with Gasteiger partial charge in [-0.25, -0.2) is 10.2 Å². The average Bonchev–Trinajstić information content (AvgIpc) is 2.62. The minimum Gasteiger partial charge on any atom is -0.432 e. The Kier molecular flexibility index (Phi) is 6.46. The molecule has 1 aliphatic rings. The molecule has 1 aromatic carbocycles. The maximum absolute atomic E-state index is 14.2. The number of hydrogen-bond acceptors (Lipinski definition) is 5. The zero-order valence-electron chi connectivity index (χ0n) is 14.5. The molecule has 1 aliphatic carbocycles. The zero-order chi connectivity index (χ0) is 19.3. The highest BCUT2D eigenvalue weighted by Crippen LogP contribution is 2.37. The fourth-order valence-electron chi connectivity index (χ4n) is 3.05. The van der Waals surface area contributed by atoms with Crippen LogP contribution >= 0.6 is 0 Å². The molecule has 0 aromatic heterocycles. The van der Waals surface area contributed by atoms with Gasteiger partial charge in [-0.2, -0.15) is 0 Å². The van der Waals surface area contributed by atoms with Crippen LogP contribution in [0.4, 0.5) is 10.1 Å². The van der Waals surface area contributed by atoms with Crippen LogP contribution in [0.15, 0.2) is 30.5 Å². The summed E-state index contributed by atoms with van der Waals surface area (Å²) in [6.07, 6.45) is 2.79. The molecule has 0 atom stereocenters. The van der Waals surface area contributed by atoms with Crippen molar-refractivity contribution in [2.45, 2.75) is 38.5 Å². The van der Waals surface area contributed by atoms with Gasteiger partial charge in [-0.1, -0.05) is 12.6 Å². The minimum absolute atomic E-state index is 0.0962. The molecule has 0 unspecified atom stereocenters. The molecule has 0 bridgehead atoms. The third-order valence-electron chi connectivity index (χ3n) is 4.39. The number of nitrogens with two attached hydrogens (primary N) is 1. The number of hydrazine groups is 1. The van der Waals surface area contributed by atoms with E-state index in [0.29, 0.717) is 18.6 Å². The Morgan fingerprint density at radius 2 is 1.85 bits per heavy atom. The number of rotatable bonds is 4. The summed E-state index contributed by atoms with van der Waals surface area (Å²) in [5.74, 6) is 2.18. The lowest BCUT2D eigenvalue weighted by Gasteiger charge is -2.27. The summed E-state index contributed by atoms with van der Waals surface area (Å²) in [5, 5.41) is 2.16. The normalized spacial score (nSPS) is 19.3. The van der Waals surface area contributed by atoms with Crippen LogP contribution in [0.1, 0.15) is 44.1 Å². The number of allylic oxidation sites excluding steroid dienone is 1. The summed E-state index contributed by atoms with van der Waals surface area (Å²) in [4.78, 5) is 34.4. The third kappa shape index (κ3) is 4.89. The fourth-order valence-corrected chi connectivity index (χ4v) is 3.05. The van der Waals surface area contributed by atoms with Gasteiger partial charge in [-0.3, -0.25) is 19.8 Å². The van der Waals surface area contributed by atoms with Crippen LogP contribution in [-0.4, -0.2) is 17.8 Å². The lowest BCUT2D eigenvalue weighted by atomic mass is 9.78. The van der Waals surface area contributed by atoms with Gasteiger partial charge >= 0.3 is 17.8 Å². The first-order chi connectivity index (χ1) is 12.3. The van der Waals surface area contributed by atoms with Crippen LogP contribution in [0.2, 0.25) is 0 Å². The summed E-state index contributed by atoms with van der Waals surface area (Å²) in [5.41, 5.74) is 2.37. The van der Waals surface area contributed by atoms with E-state index >= 15 is 0 Å². The van der Waals surface area contributed by atoms with E-state index in [0.717, 1.165) is 18.4 Å². The highest BCUT2D eigenvalue weighted by Gasteiger charge is 2.28. The third-order valence-corrected chi connectivity index (χ3v) is 4.39. The van der Waals surface area contributed by atoms with E-state index in [-0.39, 0.29) is 23.5 Å². The number of ether oxygens (including phenoxy) is 1. The molecule has 0 aliphatic heterocycles. The highest BCUT2D eigenvalue weighted by atomic mass is 19.1. The lowest BCUT2D eigenvalue weighted by Crippen LogP contribution is -2.39. The van der Waals surface area contributed by atoms with Gasteiger partial charge in [0.15, 0.2) is 0 Å². The number of esters is 1. The number of amides is 2. The van der Waals surface area contributed by atoms with Crippen molar-refractivity contribution < 1.29 is 23.5 Å². The molecular weight excluding hydrogens is 341 g/mol. The van der Waals surface area contributed by atoms with E-state index in [1.807, 2.05) is 0 Å². The molecule has 2 amide bonds. The summed E-state index contributed by atoms with van der Waals surface area (Å²) in [6.45, 7) is 5.19. The molecule has 2 rings (SSSR count). The van der Waals surface area contributed by atoms with Gasteiger partial charge in [0.05, 0.1) is 17.4 Å². The van der Waals surface area contributed by atoms with Crippen molar-refractivity contribution in [3.8, 4) is 0 Å². The summed E-state index contributed by atoms with van der Waals surface area (Å²) < 4.78 is 19.3. The molecule has 8 heteroatoms. The number of halogens is 1. The molecule has 1 fully saturated rings. The molecule has 4 N–H and O–H groups in total. The second kappa shape index (κ2) is 8.57. The Morgan fingerprint density at radius 3 is 2.38 bits per heavy atom. The van der Waals surface area contributed by atoms with E-state index in [9.17, 15) is 18.8 Å². The molecule has 0 spiro atoms. The number of hydrogen-bond donors (Lipinski definition) is 3. The van der Waals surface area contributed by atoms with E-state index < -0.39 is 17.6 Å². The summed E-state index contributed by atoms with van der Waals surface area (Å²) in [7, 11) is 0. The summed E-state index contributed by atoms with van der Waals surface area (Å²) in [6, 6.07) is 4.46. The highest BCUT2D eigenvalue weighted by molar-refractivity contribution is 6.39. The first-order valence-electron chi connectivity index (χ1n) is 8.30.